The SMILES string of the molecule is CCn1nc(C)cc1CS(=O)C(C)CN. The Bertz CT molecular complexity index is 348. The van der Waals surface area contributed by atoms with E-state index in [0.717, 1.165) is 17.9 Å². The molecule has 5 heteroatoms. The highest BCUT2D eigenvalue weighted by atomic mass is 32.2. The molecular formula is C10H19N3OS. The second-order valence-corrected chi connectivity index (χ2v) is 5.52. The van der Waals surface area contributed by atoms with E-state index in [1.807, 2.05) is 31.5 Å². The van der Waals surface area contributed by atoms with Crippen molar-refractivity contribution in [1.29, 1.82) is 0 Å². The van der Waals surface area contributed by atoms with Crippen molar-refractivity contribution in [3.63, 3.8) is 0 Å². The van der Waals surface area contributed by atoms with Gasteiger partial charge in [0.2, 0.25) is 0 Å². The van der Waals surface area contributed by atoms with Crippen LogP contribution in [0.4, 0.5) is 0 Å². The van der Waals surface area contributed by atoms with Crippen LogP contribution in [0.1, 0.15) is 25.2 Å². The topological polar surface area (TPSA) is 60.9 Å². The molecule has 0 aliphatic carbocycles. The lowest BCUT2D eigenvalue weighted by molar-refractivity contribution is 0.625. The molecule has 2 N–H and O–H groups in total. The maximum absolute atomic E-state index is 11.8. The van der Waals surface area contributed by atoms with E-state index in [9.17, 15) is 4.21 Å². The van der Waals surface area contributed by atoms with E-state index in [2.05, 4.69) is 5.10 Å². The van der Waals surface area contributed by atoms with Gasteiger partial charge in [0.25, 0.3) is 0 Å². The molecule has 0 amide bonds. The molecular weight excluding hydrogens is 210 g/mol. The molecule has 0 fully saturated rings. The van der Waals surface area contributed by atoms with E-state index in [-0.39, 0.29) is 5.25 Å². The first-order chi connectivity index (χ1) is 7.08. The van der Waals surface area contributed by atoms with Gasteiger partial charge in [-0.2, -0.15) is 5.10 Å². The van der Waals surface area contributed by atoms with E-state index in [0.29, 0.717) is 12.3 Å². The van der Waals surface area contributed by atoms with Crippen molar-refractivity contribution in [2.75, 3.05) is 6.54 Å². The zero-order valence-electron chi connectivity index (χ0n) is 9.56. The summed E-state index contributed by atoms with van der Waals surface area (Å²) < 4.78 is 13.7. The van der Waals surface area contributed by atoms with Gasteiger partial charge in [0.15, 0.2) is 0 Å². The summed E-state index contributed by atoms with van der Waals surface area (Å²) in [6, 6.07) is 1.99. The summed E-state index contributed by atoms with van der Waals surface area (Å²) >= 11 is 0. The monoisotopic (exact) mass is 229 g/mol. The van der Waals surface area contributed by atoms with E-state index < -0.39 is 10.8 Å². The maximum atomic E-state index is 11.8. The molecule has 15 heavy (non-hydrogen) atoms. The van der Waals surface area contributed by atoms with Crippen molar-refractivity contribution in [3.05, 3.63) is 17.5 Å². The Morgan fingerprint density at radius 2 is 2.33 bits per heavy atom. The predicted octanol–water partition coefficient (Wildman–Crippen LogP) is 0.807. The van der Waals surface area contributed by atoms with Crippen molar-refractivity contribution in [3.8, 4) is 0 Å². The van der Waals surface area contributed by atoms with Crippen molar-refractivity contribution in [2.45, 2.75) is 38.3 Å². The molecule has 0 radical (unpaired) electrons. The molecule has 86 valence electrons. The van der Waals surface area contributed by atoms with Crippen LogP contribution in [0.25, 0.3) is 0 Å². The fourth-order valence-electron chi connectivity index (χ4n) is 1.38. The molecule has 1 heterocycles. The molecule has 1 aromatic rings. The largest absolute Gasteiger partial charge is 0.329 e. The van der Waals surface area contributed by atoms with Gasteiger partial charge in [0, 0.05) is 29.1 Å². The van der Waals surface area contributed by atoms with Crippen LogP contribution in [-0.4, -0.2) is 25.8 Å². The van der Waals surface area contributed by atoms with E-state index in [4.69, 9.17) is 5.73 Å². The molecule has 2 atom stereocenters. The standard InChI is InChI=1S/C10H19N3OS/c1-4-13-10(5-8(2)12-13)7-15(14)9(3)6-11/h5,9H,4,6-7,11H2,1-3H3. The molecule has 2 unspecified atom stereocenters. The zero-order chi connectivity index (χ0) is 11.4. The third-order valence-corrected chi connectivity index (χ3v) is 4.03. The second-order valence-electron chi connectivity index (χ2n) is 3.66. The Morgan fingerprint density at radius 1 is 1.67 bits per heavy atom. The van der Waals surface area contributed by atoms with Crippen molar-refractivity contribution in [2.24, 2.45) is 5.73 Å². The third kappa shape index (κ3) is 3.14. The van der Waals surface area contributed by atoms with Crippen LogP contribution in [0, 0.1) is 6.92 Å². The summed E-state index contributed by atoms with van der Waals surface area (Å²) in [7, 11) is -0.900. The van der Waals surface area contributed by atoms with E-state index >= 15 is 0 Å². The highest BCUT2D eigenvalue weighted by Gasteiger charge is 2.13. The fourth-order valence-corrected chi connectivity index (χ4v) is 2.41. The molecule has 0 saturated heterocycles. The Morgan fingerprint density at radius 3 is 2.87 bits per heavy atom. The highest BCUT2D eigenvalue weighted by Crippen LogP contribution is 2.09. The molecule has 0 bridgehead atoms. The Kier molecular flexibility index (Phi) is 4.47. The minimum atomic E-state index is -0.900. The fraction of sp³-hybridized carbons (Fsp3) is 0.700. The van der Waals surface area contributed by atoms with Gasteiger partial charge in [-0.05, 0) is 26.8 Å². The lowest BCUT2D eigenvalue weighted by atomic mass is 10.4. The maximum Gasteiger partial charge on any atom is 0.0659 e. The first-order valence-corrected chi connectivity index (χ1v) is 6.57. The summed E-state index contributed by atoms with van der Waals surface area (Å²) in [5.74, 6) is 0.549. The summed E-state index contributed by atoms with van der Waals surface area (Å²) in [6.07, 6.45) is 0. The van der Waals surface area contributed by atoms with Gasteiger partial charge < -0.3 is 5.73 Å². The summed E-state index contributed by atoms with van der Waals surface area (Å²) in [5, 5.41) is 4.37. The molecule has 0 aliphatic heterocycles. The van der Waals surface area contributed by atoms with Crippen LogP contribution in [0.15, 0.2) is 6.07 Å². The summed E-state index contributed by atoms with van der Waals surface area (Å²) in [4.78, 5) is 0. The number of aromatic nitrogens is 2. The molecule has 0 spiro atoms. The lowest BCUT2D eigenvalue weighted by Crippen LogP contribution is -2.23. The Hall–Kier alpha value is -0.680. The van der Waals surface area contributed by atoms with Crippen molar-refractivity contribution < 1.29 is 4.21 Å². The number of nitrogens with zero attached hydrogens (tertiary/aromatic N) is 2. The summed E-state index contributed by atoms with van der Waals surface area (Å²) in [5.41, 5.74) is 7.50. The first kappa shape index (κ1) is 12.4. The Balaban J connectivity index is 2.75. The van der Waals surface area contributed by atoms with Crippen LogP contribution in [-0.2, 0) is 23.1 Å². The molecule has 0 aromatic carbocycles. The Labute approximate surface area is 93.3 Å². The second kappa shape index (κ2) is 5.42. The lowest BCUT2D eigenvalue weighted by Gasteiger charge is -2.09. The van der Waals surface area contributed by atoms with Crippen LogP contribution in [0.3, 0.4) is 0 Å². The molecule has 4 nitrogen and oxygen atoms in total. The molecule has 0 saturated carbocycles. The van der Waals surface area contributed by atoms with Crippen LogP contribution in [0.2, 0.25) is 0 Å². The first-order valence-electron chi connectivity index (χ1n) is 5.19. The van der Waals surface area contributed by atoms with Gasteiger partial charge in [-0.15, -0.1) is 0 Å². The van der Waals surface area contributed by atoms with Gasteiger partial charge in [-0.25, -0.2) is 0 Å². The predicted molar refractivity (Wildman–Crippen MR) is 63.0 cm³/mol. The van der Waals surface area contributed by atoms with Crippen LogP contribution < -0.4 is 5.73 Å². The van der Waals surface area contributed by atoms with Gasteiger partial charge in [-0.3, -0.25) is 8.89 Å². The average molecular weight is 229 g/mol. The third-order valence-electron chi connectivity index (χ3n) is 2.36. The normalized spacial score (nSPS) is 15.2. The number of nitrogens with two attached hydrogens (primary N) is 1. The molecule has 1 aromatic heterocycles. The average Bonchev–Trinajstić information content (AvgIpc) is 2.57. The van der Waals surface area contributed by atoms with Crippen LogP contribution in [0.5, 0.6) is 0 Å². The minimum Gasteiger partial charge on any atom is -0.329 e. The minimum absolute atomic E-state index is 0.0468. The van der Waals surface area contributed by atoms with Crippen molar-refractivity contribution in [1.82, 2.24) is 9.78 Å². The van der Waals surface area contributed by atoms with Crippen molar-refractivity contribution >= 4 is 10.8 Å². The van der Waals surface area contributed by atoms with Gasteiger partial charge in [0.05, 0.1) is 17.1 Å². The molecule has 1 rings (SSSR count). The van der Waals surface area contributed by atoms with Gasteiger partial charge in [-0.1, -0.05) is 0 Å². The highest BCUT2D eigenvalue weighted by molar-refractivity contribution is 7.84. The summed E-state index contributed by atoms with van der Waals surface area (Å²) in [6.45, 7) is 7.18. The van der Waals surface area contributed by atoms with Gasteiger partial charge >= 0.3 is 0 Å². The smallest absolute Gasteiger partial charge is 0.0659 e. The number of hydrogen-bond donors (Lipinski definition) is 1. The van der Waals surface area contributed by atoms with E-state index in [1.54, 1.807) is 0 Å². The molecule has 0 aliphatic rings. The number of aryl methyl sites for hydroxylation is 2. The quantitative estimate of drug-likeness (QED) is 0.812. The van der Waals surface area contributed by atoms with Gasteiger partial charge in [0.1, 0.15) is 0 Å². The number of rotatable bonds is 5. The number of hydrogen-bond acceptors (Lipinski definition) is 3. The van der Waals surface area contributed by atoms with E-state index in [1.165, 1.54) is 0 Å². The zero-order valence-corrected chi connectivity index (χ0v) is 10.4. The van der Waals surface area contributed by atoms with Crippen LogP contribution >= 0.6 is 0 Å².